The van der Waals surface area contributed by atoms with E-state index in [0.717, 1.165) is 24.6 Å². The number of aliphatic carboxylic acids is 3. The molecule has 30 heavy (non-hydrogen) atoms. The third-order valence-electron chi connectivity index (χ3n) is 2.10. The zero-order chi connectivity index (χ0) is 25.0. The third kappa shape index (κ3) is 72.9. The van der Waals surface area contributed by atoms with Gasteiger partial charge in [-0.05, 0) is 19.3 Å². The SMILES string of the molecule is C=CC(=O)O.C=CC(=O)O.C=CC(=O)O.OCC(O)CO.OCCCCC(O)CO. The summed E-state index contributed by atoms with van der Waals surface area (Å²) >= 11 is 0. The maximum Gasteiger partial charge on any atom is 0.327 e. The number of carboxylic acid groups (broad SMARTS) is 3. The van der Waals surface area contributed by atoms with Crippen molar-refractivity contribution in [3.05, 3.63) is 38.0 Å². The number of aliphatic hydroxyl groups excluding tert-OH is 6. The molecule has 0 heterocycles. The largest absolute Gasteiger partial charge is 0.478 e. The molecule has 12 nitrogen and oxygen atoms in total. The zero-order valence-corrected chi connectivity index (χ0v) is 16.7. The van der Waals surface area contributed by atoms with Crippen LogP contribution in [0, 0.1) is 0 Å². The van der Waals surface area contributed by atoms with Crippen LogP contribution in [0.4, 0.5) is 0 Å². The fraction of sp³-hybridized carbons (Fsp3) is 0.500. The molecule has 1 unspecified atom stereocenters. The molecule has 0 radical (unpaired) electrons. The van der Waals surface area contributed by atoms with Crippen LogP contribution in [0.25, 0.3) is 0 Å². The molecule has 0 amide bonds. The van der Waals surface area contributed by atoms with Crippen LogP contribution >= 0.6 is 0 Å². The van der Waals surface area contributed by atoms with Gasteiger partial charge in [-0.3, -0.25) is 0 Å². The maximum absolute atomic E-state index is 9.25. The van der Waals surface area contributed by atoms with Crippen LogP contribution in [0.3, 0.4) is 0 Å². The van der Waals surface area contributed by atoms with Crippen LogP contribution in [0.1, 0.15) is 19.3 Å². The predicted molar refractivity (Wildman–Crippen MR) is 108 cm³/mol. The lowest BCUT2D eigenvalue weighted by molar-refractivity contribution is -0.132. The van der Waals surface area contributed by atoms with Gasteiger partial charge in [0, 0.05) is 24.8 Å². The molecule has 0 saturated carbocycles. The molecular weight excluding hydrogens is 408 g/mol. The minimum atomic E-state index is -0.981. The van der Waals surface area contributed by atoms with Crippen LogP contribution in [-0.2, 0) is 14.4 Å². The molecule has 178 valence electrons. The average molecular weight is 442 g/mol. The van der Waals surface area contributed by atoms with Crippen molar-refractivity contribution >= 4 is 17.9 Å². The summed E-state index contributed by atoms with van der Waals surface area (Å²) < 4.78 is 0. The quantitative estimate of drug-likeness (QED) is 0.140. The summed E-state index contributed by atoms with van der Waals surface area (Å²) in [5.41, 5.74) is 0. The highest BCUT2D eigenvalue weighted by molar-refractivity contribution is 5.79. The van der Waals surface area contributed by atoms with Crippen molar-refractivity contribution in [2.24, 2.45) is 0 Å². The van der Waals surface area contributed by atoms with E-state index in [-0.39, 0.29) is 26.4 Å². The molecule has 0 aromatic heterocycles. The van der Waals surface area contributed by atoms with Crippen LogP contribution in [0.2, 0.25) is 0 Å². The highest BCUT2D eigenvalue weighted by Crippen LogP contribution is 1.98. The first-order valence-electron chi connectivity index (χ1n) is 8.29. The second-order valence-electron chi connectivity index (χ2n) is 4.70. The normalized spacial score (nSPS) is 9.30. The molecule has 9 N–H and O–H groups in total. The molecular formula is C18H34O12. The van der Waals surface area contributed by atoms with Crippen molar-refractivity contribution in [3.63, 3.8) is 0 Å². The number of carbonyl (C=O) groups is 3. The van der Waals surface area contributed by atoms with Gasteiger partial charge in [-0.2, -0.15) is 0 Å². The van der Waals surface area contributed by atoms with Crippen LogP contribution < -0.4 is 0 Å². The molecule has 0 aliphatic carbocycles. The Morgan fingerprint density at radius 3 is 1.03 bits per heavy atom. The molecule has 0 saturated heterocycles. The predicted octanol–water partition coefficient (Wildman–Crippen LogP) is -1.39. The van der Waals surface area contributed by atoms with Crippen molar-refractivity contribution in [3.8, 4) is 0 Å². The van der Waals surface area contributed by atoms with Gasteiger partial charge in [0.15, 0.2) is 0 Å². The summed E-state index contributed by atoms with van der Waals surface area (Å²) in [6.07, 6.45) is 3.01. The molecule has 12 heteroatoms. The monoisotopic (exact) mass is 442 g/mol. The van der Waals surface area contributed by atoms with Gasteiger partial charge in [0.05, 0.1) is 25.9 Å². The summed E-state index contributed by atoms with van der Waals surface area (Å²) in [4.78, 5) is 27.8. The zero-order valence-electron chi connectivity index (χ0n) is 16.7. The van der Waals surface area contributed by atoms with E-state index in [1.165, 1.54) is 0 Å². The summed E-state index contributed by atoms with van der Waals surface area (Å²) in [7, 11) is 0. The summed E-state index contributed by atoms with van der Waals surface area (Å²) in [6, 6.07) is 0. The van der Waals surface area contributed by atoms with Gasteiger partial charge in [-0.1, -0.05) is 19.7 Å². The van der Waals surface area contributed by atoms with Crippen LogP contribution in [-0.4, -0.2) is 103 Å². The van der Waals surface area contributed by atoms with Crippen LogP contribution in [0.15, 0.2) is 38.0 Å². The fourth-order valence-electron chi connectivity index (χ4n) is 0.641. The van der Waals surface area contributed by atoms with Crippen molar-refractivity contribution in [2.45, 2.75) is 31.5 Å². The Hall–Kier alpha value is -2.61. The molecule has 1 atom stereocenters. The first kappa shape index (κ1) is 38.1. The van der Waals surface area contributed by atoms with Gasteiger partial charge >= 0.3 is 17.9 Å². The minimum Gasteiger partial charge on any atom is -0.478 e. The number of aliphatic hydroxyl groups is 6. The first-order valence-corrected chi connectivity index (χ1v) is 8.29. The van der Waals surface area contributed by atoms with Gasteiger partial charge < -0.3 is 46.0 Å². The lowest BCUT2D eigenvalue weighted by Gasteiger charge is -2.03. The molecule has 0 fully saturated rings. The number of hydrogen-bond acceptors (Lipinski definition) is 9. The van der Waals surface area contributed by atoms with E-state index in [4.69, 9.17) is 46.0 Å². The van der Waals surface area contributed by atoms with Crippen molar-refractivity contribution < 1.29 is 60.3 Å². The van der Waals surface area contributed by atoms with E-state index in [1.54, 1.807) is 0 Å². The highest BCUT2D eigenvalue weighted by Gasteiger charge is 1.99. The lowest BCUT2D eigenvalue weighted by atomic mass is 10.2. The van der Waals surface area contributed by atoms with E-state index in [0.29, 0.717) is 12.8 Å². The maximum atomic E-state index is 9.25. The Morgan fingerprint density at radius 1 is 0.633 bits per heavy atom. The molecule has 0 aromatic carbocycles. The van der Waals surface area contributed by atoms with Crippen molar-refractivity contribution in [2.75, 3.05) is 26.4 Å². The summed E-state index contributed by atoms with van der Waals surface area (Å²) in [6.45, 7) is 8.14. The first-order chi connectivity index (χ1) is 13.9. The minimum absolute atomic E-state index is 0.165. The standard InChI is InChI=1S/C6H14O3.C3H8O3.3C3H4O2/c7-4-2-1-3-6(9)5-8;4-1-3(6)2-5;3*1-2-3(4)5/h6-9H,1-5H2;3-6H,1-2H2;3*2H,1H2,(H,4,5). The Kier molecular flexibility index (Phi) is 43.0. The summed E-state index contributed by atoms with van der Waals surface area (Å²) in [5, 5.41) is 72.2. The molecule has 0 aliphatic heterocycles. The van der Waals surface area contributed by atoms with Gasteiger partial charge in [-0.15, -0.1) is 0 Å². The topological polar surface area (TPSA) is 233 Å². The van der Waals surface area contributed by atoms with Crippen molar-refractivity contribution in [1.29, 1.82) is 0 Å². The van der Waals surface area contributed by atoms with Gasteiger partial charge in [-0.25, -0.2) is 14.4 Å². The fourth-order valence-corrected chi connectivity index (χ4v) is 0.641. The lowest BCUT2D eigenvalue weighted by Crippen LogP contribution is -2.15. The number of hydrogen-bond donors (Lipinski definition) is 9. The molecule has 0 aromatic rings. The number of unbranched alkanes of at least 4 members (excludes halogenated alkanes) is 1. The van der Waals surface area contributed by atoms with E-state index in [9.17, 15) is 14.4 Å². The van der Waals surface area contributed by atoms with Crippen LogP contribution in [0.5, 0.6) is 0 Å². The molecule has 0 aliphatic rings. The van der Waals surface area contributed by atoms with Gasteiger partial charge in [0.1, 0.15) is 6.10 Å². The molecule has 0 bridgehead atoms. The van der Waals surface area contributed by atoms with Crippen molar-refractivity contribution in [1.82, 2.24) is 0 Å². The second-order valence-corrected chi connectivity index (χ2v) is 4.70. The Bertz CT molecular complexity index is 390. The Morgan fingerprint density at radius 2 is 0.900 bits per heavy atom. The highest BCUT2D eigenvalue weighted by atomic mass is 16.4. The summed E-state index contributed by atoms with van der Waals surface area (Å²) in [5.74, 6) is -2.94. The van der Waals surface area contributed by atoms with E-state index in [2.05, 4.69) is 19.7 Å². The molecule has 0 rings (SSSR count). The number of carboxylic acids is 3. The van der Waals surface area contributed by atoms with Gasteiger partial charge in [0.2, 0.25) is 0 Å². The van der Waals surface area contributed by atoms with E-state index < -0.39 is 30.1 Å². The van der Waals surface area contributed by atoms with E-state index in [1.807, 2.05) is 0 Å². The van der Waals surface area contributed by atoms with E-state index >= 15 is 0 Å². The smallest absolute Gasteiger partial charge is 0.327 e. The number of rotatable bonds is 10. The second kappa shape index (κ2) is 33.9. The Balaban J connectivity index is -0.0000000891. The Labute approximate surface area is 175 Å². The molecule has 0 spiro atoms. The average Bonchev–Trinajstić information content (AvgIpc) is 2.74. The van der Waals surface area contributed by atoms with Gasteiger partial charge in [0.25, 0.3) is 0 Å². The third-order valence-corrected chi connectivity index (χ3v) is 2.10.